The molecule has 1 aliphatic heterocycles. The number of nitrogens with zero attached hydrogens (tertiary/aromatic N) is 4. The molecule has 1 N–H and O–H groups in total. The summed E-state index contributed by atoms with van der Waals surface area (Å²) in [6, 6.07) is 0. The molecule has 124 valence electrons. The second kappa shape index (κ2) is 6.28. The van der Waals surface area contributed by atoms with Crippen molar-refractivity contribution in [2.75, 3.05) is 32.4 Å². The third kappa shape index (κ3) is 3.60. The molecule has 0 aliphatic carbocycles. The number of aryl methyl sites for hydroxylation is 1. The molecule has 0 atom stereocenters. The topological polar surface area (TPSA) is 79.6 Å². The van der Waals surface area contributed by atoms with Crippen molar-refractivity contribution in [3.63, 3.8) is 0 Å². The number of guanidine groups is 1. The lowest BCUT2D eigenvalue weighted by Crippen LogP contribution is -2.57. The summed E-state index contributed by atoms with van der Waals surface area (Å²) < 4.78 is 25.3. The largest absolute Gasteiger partial charge is 0.354 e. The van der Waals surface area contributed by atoms with Gasteiger partial charge in [-0.05, 0) is 26.3 Å². The number of sulfone groups is 1. The molecule has 1 aromatic heterocycles. The molecule has 1 aromatic rings. The standard InChI is InChI=1S/C14H25N5O2S/c1-12-9-17-19(10-12)6-5-16-13(15-4)18-7-8-22(20,21)14(2,3)11-18/h9-10H,5-8,11H2,1-4H3,(H,15,16). The van der Waals surface area contributed by atoms with Crippen LogP contribution in [0.25, 0.3) is 0 Å². The van der Waals surface area contributed by atoms with Crippen molar-refractivity contribution in [3.8, 4) is 0 Å². The summed E-state index contributed by atoms with van der Waals surface area (Å²) >= 11 is 0. The van der Waals surface area contributed by atoms with E-state index in [1.165, 1.54) is 0 Å². The minimum absolute atomic E-state index is 0.166. The summed E-state index contributed by atoms with van der Waals surface area (Å²) in [6.07, 6.45) is 3.81. The van der Waals surface area contributed by atoms with Gasteiger partial charge in [0.1, 0.15) is 0 Å². The molecule has 0 bridgehead atoms. The van der Waals surface area contributed by atoms with Crippen LogP contribution >= 0.6 is 0 Å². The van der Waals surface area contributed by atoms with Crippen molar-refractivity contribution < 1.29 is 8.42 Å². The molecule has 0 aromatic carbocycles. The molecule has 0 spiro atoms. The summed E-state index contributed by atoms with van der Waals surface area (Å²) in [5, 5.41) is 7.52. The Hall–Kier alpha value is -1.57. The van der Waals surface area contributed by atoms with Crippen molar-refractivity contribution in [3.05, 3.63) is 18.0 Å². The van der Waals surface area contributed by atoms with Crippen LogP contribution in [0, 0.1) is 6.92 Å². The van der Waals surface area contributed by atoms with Crippen LogP contribution in [0.3, 0.4) is 0 Å². The van der Waals surface area contributed by atoms with Gasteiger partial charge >= 0.3 is 0 Å². The summed E-state index contributed by atoms with van der Waals surface area (Å²) in [6.45, 7) is 7.91. The number of rotatable bonds is 3. The normalized spacial score (nSPS) is 20.9. The summed E-state index contributed by atoms with van der Waals surface area (Å²) in [4.78, 5) is 6.28. The first-order chi connectivity index (χ1) is 10.2. The van der Waals surface area contributed by atoms with Gasteiger partial charge in [-0.25, -0.2) is 8.42 Å². The number of nitrogens with one attached hydrogen (secondary N) is 1. The minimum atomic E-state index is -3.03. The molecule has 1 saturated heterocycles. The first kappa shape index (κ1) is 16.8. The molecule has 2 rings (SSSR count). The van der Waals surface area contributed by atoms with Crippen molar-refractivity contribution in [1.82, 2.24) is 20.0 Å². The van der Waals surface area contributed by atoms with E-state index in [4.69, 9.17) is 0 Å². The summed E-state index contributed by atoms with van der Waals surface area (Å²) in [5.74, 6) is 0.908. The van der Waals surface area contributed by atoms with Crippen molar-refractivity contribution in [1.29, 1.82) is 0 Å². The average Bonchev–Trinajstić information content (AvgIpc) is 2.84. The quantitative estimate of drug-likeness (QED) is 0.637. The fourth-order valence-electron chi connectivity index (χ4n) is 2.53. The fraction of sp³-hybridized carbons (Fsp3) is 0.714. The molecular formula is C14H25N5O2S. The van der Waals surface area contributed by atoms with Gasteiger partial charge in [0, 0.05) is 32.9 Å². The third-order valence-electron chi connectivity index (χ3n) is 3.94. The molecule has 0 saturated carbocycles. The van der Waals surface area contributed by atoms with Crippen LogP contribution in [-0.4, -0.2) is 66.2 Å². The molecule has 1 fully saturated rings. The van der Waals surface area contributed by atoms with Gasteiger partial charge in [-0.15, -0.1) is 0 Å². The molecule has 22 heavy (non-hydrogen) atoms. The Labute approximate surface area is 132 Å². The SMILES string of the molecule is CN=C(NCCn1cc(C)cn1)N1CCS(=O)(=O)C(C)(C)C1. The maximum Gasteiger partial charge on any atom is 0.193 e. The first-order valence-electron chi connectivity index (χ1n) is 7.42. The Bertz CT molecular complexity index is 648. The second-order valence-corrected chi connectivity index (χ2v) is 9.00. The van der Waals surface area contributed by atoms with Gasteiger partial charge in [0.15, 0.2) is 15.8 Å². The van der Waals surface area contributed by atoms with E-state index in [-0.39, 0.29) is 5.75 Å². The van der Waals surface area contributed by atoms with E-state index in [1.807, 2.05) is 28.9 Å². The highest BCUT2D eigenvalue weighted by Crippen LogP contribution is 2.23. The maximum absolute atomic E-state index is 12.1. The minimum Gasteiger partial charge on any atom is -0.354 e. The van der Waals surface area contributed by atoms with Gasteiger partial charge in [0.2, 0.25) is 0 Å². The molecular weight excluding hydrogens is 302 g/mol. The zero-order valence-electron chi connectivity index (χ0n) is 13.7. The van der Waals surface area contributed by atoms with Crippen molar-refractivity contribution >= 4 is 15.8 Å². The van der Waals surface area contributed by atoms with E-state index < -0.39 is 14.6 Å². The van der Waals surface area contributed by atoms with Crippen LogP contribution < -0.4 is 5.32 Å². The molecule has 7 nitrogen and oxygen atoms in total. The first-order valence-corrected chi connectivity index (χ1v) is 9.07. The summed E-state index contributed by atoms with van der Waals surface area (Å²) in [7, 11) is -1.32. The highest BCUT2D eigenvalue weighted by Gasteiger charge is 2.40. The molecule has 2 heterocycles. The van der Waals surface area contributed by atoms with E-state index in [2.05, 4.69) is 15.4 Å². The van der Waals surface area contributed by atoms with Gasteiger partial charge in [-0.3, -0.25) is 9.67 Å². The Kier molecular flexibility index (Phi) is 4.79. The molecule has 1 aliphatic rings. The fourth-order valence-corrected chi connectivity index (χ4v) is 3.89. The second-order valence-electron chi connectivity index (χ2n) is 6.25. The summed E-state index contributed by atoms with van der Waals surface area (Å²) in [5.41, 5.74) is 1.13. The third-order valence-corrected chi connectivity index (χ3v) is 6.47. The van der Waals surface area contributed by atoms with Crippen LogP contribution in [0.5, 0.6) is 0 Å². The molecule has 0 radical (unpaired) electrons. The van der Waals surface area contributed by atoms with Crippen LogP contribution in [0.1, 0.15) is 19.4 Å². The van der Waals surface area contributed by atoms with Gasteiger partial charge in [-0.1, -0.05) is 0 Å². The van der Waals surface area contributed by atoms with E-state index in [1.54, 1.807) is 20.9 Å². The van der Waals surface area contributed by atoms with Crippen LogP contribution in [-0.2, 0) is 16.4 Å². The van der Waals surface area contributed by atoms with E-state index >= 15 is 0 Å². The van der Waals surface area contributed by atoms with Gasteiger partial charge in [-0.2, -0.15) is 5.10 Å². The van der Waals surface area contributed by atoms with Crippen LogP contribution in [0.15, 0.2) is 17.4 Å². The highest BCUT2D eigenvalue weighted by molar-refractivity contribution is 7.92. The van der Waals surface area contributed by atoms with Gasteiger partial charge in [0.05, 0.1) is 23.2 Å². The zero-order valence-corrected chi connectivity index (χ0v) is 14.5. The Morgan fingerprint density at radius 3 is 2.77 bits per heavy atom. The maximum atomic E-state index is 12.1. The number of aromatic nitrogens is 2. The smallest absolute Gasteiger partial charge is 0.193 e. The van der Waals surface area contributed by atoms with Crippen molar-refractivity contribution in [2.24, 2.45) is 4.99 Å². The van der Waals surface area contributed by atoms with Crippen LogP contribution in [0.2, 0.25) is 0 Å². The molecule has 0 unspecified atom stereocenters. The highest BCUT2D eigenvalue weighted by atomic mass is 32.2. The predicted octanol–water partition coefficient (Wildman–Crippen LogP) is 0.276. The van der Waals surface area contributed by atoms with Crippen molar-refractivity contribution in [2.45, 2.75) is 32.1 Å². The van der Waals surface area contributed by atoms with Gasteiger partial charge in [0.25, 0.3) is 0 Å². The zero-order chi connectivity index (χ0) is 16.4. The van der Waals surface area contributed by atoms with E-state index in [0.717, 1.165) is 18.1 Å². The number of hydrogen-bond donors (Lipinski definition) is 1. The lowest BCUT2D eigenvalue weighted by Gasteiger charge is -2.39. The predicted molar refractivity (Wildman–Crippen MR) is 87.8 cm³/mol. The Balaban J connectivity index is 1.92. The lowest BCUT2D eigenvalue weighted by atomic mass is 10.2. The Morgan fingerprint density at radius 2 is 2.23 bits per heavy atom. The van der Waals surface area contributed by atoms with E-state index in [9.17, 15) is 8.42 Å². The number of hydrogen-bond acceptors (Lipinski definition) is 4. The molecule has 0 amide bonds. The Morgan fingerprint density at radius 1 is 1.50 bits per heavy atom. The lowest BCUT2D eigenvalue weighted by molar-refractivity contribution is 0.352. The molecule has 8 heteroatoms. The van der Waals surface area contributed by atoms with Gasteiger partial charge < -0.3 is 10.2 Å². The average molecular weight is 327 g/mol. The van der Waals surface area contributed by atoms with E-state index in [0.29, 0.717) is 19.6 Å². The monoisotopic (exact) mass is 327 g/mol. The van der Waals surface area contributed by atoms with Crippen LogP contribution in [0.4, 0.5) is 0 Å². The number of aliphatic imine (C=N–C) groups is 1.